The van der Waals surface area contributed by atoms with E-state index in [1.807, 2.05) is 12.5 Å². The molecule has 0 N–H and O–H groups in total. The van der Waals surface area contributed by atoms with Crippen LogP contribution in [0.2, 0.25) is 0 Å². The number of rotatable bonds is 19. The van der Waals surface area contributed by atoms with Gasteiger partial charge in [-0.2, -0.15) is 0 Å². The highest BCUT2D eigenvalue weighted by atomic mass is 15.1. The Hall–Kier alpha value is -0.790. The van der Waals surface area contributed by atoms with Crippen molar-refractivity contribution in [1.29, 1.82) is 0 Å². The summed E-state index contributed by atoms with van der Waals surface area (Å²) in [7, 11) is 0. The standard InChI is InChI=1S/C26H50N2/c1-5-8-10-11-12-13-14-15-16-17-19-21-25(20-18-9-6-2)26(4,7-3)28-23-22-27-24-28/h22-25H,5-21H2,1-4H3. The minimum atomic E-state index is 0.225. The molecule has 0 bridgehead atoms. The topological polar surface area (TPSA) is 17.8 Å². The van der Waals surface area contributed by atoms with Crippen molar-refractivity contribution in [1.82, 2.24) is 9.55 Å². The largest absolute Gasteiger partial charge is 0.331 e. The van der Waals surface area contributed by atoms with E-state index in [4.69, 9.17) is 0 Å². The average Bonchev–Trinajstić information content (AvgIpc) is 3.25. The molecule has 2 heteroatoms. The molecule has 164 valence electrons. The van der Waals surface area contributed by atoms with Crippen molar-refractivity contribution >= 4 is 0 Å². The Bertz CT molecular complexity index is 439. The smallest absolute Gasteiger partial charge is 0.0951 e. The summed E-state index contributed by atoms with van der Waals surface area (Å²) in [6, 6.07) is 0. The second kappa shape index (κ2) is 16.1. The van der Waals surface area contributed by atoms with Crippen molar-refractivity contribution in [2.45, 2.75) is 142 Å². The minimum absolute atomic E-state index is 0.225. The van der Waals surface area contributed by atoms with E-state index in [0.29, 0.717) is 0 Å². The Morgan fingerprint density at radius 3 is 1.64 bits per heavy atom. The van der Waals surface area contributed by atoms with Gasteiger partial charge in [0.15, 0.2) is 0 Å². The van der Waals surface area contributed by atoms with Crippen LogP contribution in [0.4, 0.5) is 0 Å². The lowest BCUT2D eigenvalue weighted by Gasteiger charge is -2.39. The van der Waals surface area contributed by atoms with Gasteiger partial charge in [-0.1, -0.05) is 111 Å². The molecular weight excluding hydrogens is 340 g/mol. The highest BCUT2D eigenvalue weighted by Crippen LogP contribution is 2.37. The maximum absolute atomic E-state index is 4.34. The second-order valence-corrected chi connectivity index (χ2v) is 9.20. The Morgan fingerprint density at radius 2 is 1.18 bits per heavy atom. The summed E-state index contributed by atoms with van der Waals surface area (Å²) in [5.41, 5.74) is 0.225. The molecule has 0 saturated heterocycles. The molecule has 0 aromatic carbocycles. The van der Waals surface area contributed by atoms with Crippen molar-refractivity contribution in [3.05, 3.63) is 18.7 Å². The molecule has 0 aliphatic heterocycles. The molecule has 1 heterocycles. The molecule has 0 radical (unpaired) electrons. The van der Waals surface area contributed by atoms with Gasteiger partial charge in [0, 0.05) is 17.9 Å². The number of nitrogens with zero attached hydrogens (tertiary/aromatic N) is 2. The maximum Gasteiger partial charge on any atom is 0.0951 e. The lowest BCUT2D eigenvalue weighted by molar-refractivity contribution is 0.153. The van der Waals surface area contributed by atoms with Gasteiger partial charge >= 0.3 is 0 Å². The Kier molecular flexibility index (Phi) is 14.5. The minimum Gasteiger partial charge on any atom is -0.331 e. The third-order valence-corrected chi connectivity index (χ3v) is 7.00. The lowest BCUT2D eigenvalue weighted by Crippen LogP contribution is -2.37. The van der Waals surface area contributed by atoms with Gasteiger partial charge < -0.3 is 4.57 Å². The van der Waals surface area contributed by atoms with E-state index in [0.717, 1.165) is 5.92 Å². The Labute approximate surface area is 176 Å². The van der Waals surface area contributed by atoms with Gasteiger partial charge in [-0.3, -0.25) is 0 Å². The normalized spacial score (nSPS) is 14.9. The molecule has 2 atom stereocenters. The molecule has 0 amide bonds. The van der Waals surface area contributed by atoms with Crippen LogP contribution in [0.3, 0.4) is 0 Å². The average molecular weight is 391 g/mol. The SMILES string of the molecule is CCCCCCCCCCCCCC(CCCCC)C(C)(CC)n1ccnc1. The van der Waals surface area contributed by atoms with Crippen molar-refractivity contribution in [3.8, 4) is 0 Å². The molecular formula is C26H50N2. The van der Waals surface area contributed by atoms with Gasteiger partial charge in [-0.15, -0.1) is 0 Å². The van der Waals surface area contributed by atoms with Crippen molar-refractivity contribution in [3.63, 3.8) is 0 Å². The summed E-state index contributed by atoms with van der Waals surface area (Å²) in [6.07, 6.45) is 29.9. The zero-order valence-electron chi connectivity index (χ0n) is 19.7. The first-order valence-corrected chi connectivity index (χ1v) is 12.7. The fourth-order valence-corrected chi connectivity index (χ4v) is 4.71. The van der Waals surface area contributed by atoms with Gasteiger partial charge in [-0.25, -0.2) is 4.98 Å². The van der Waals surface area contributed by atoms with Crippen molar-refractivity contribution in [2.75, 3.05) is 0 Å². The molecule has 0 spiro atoms. The van der Waals surface area contributed by atoms with E-state index in [1.54, 1.807) is 0 Å². The zero-order chi connectivity index (χ0) is 20.5. The molecule has 2 unspecified atom stereocenters. The molecule has 1 aromatic rings. The molecule has 1 rings (SSSR count). The molecule has 0 saturated carbocycles. The molecule has 1 aromatic heterocycles. The fourth-order valence-electron chi connectivity index (χ4n) is 4.71. The number of imidazole rings is 1. The van der Waals surface area contributed by atoms with Crippen molar-refractivity contribution < 1.29 is 0 Å². The van der Waals surface area contributed by atoms with Crippen LogP contribution in [-0.2, 0) is 5.54 Å². The van der Waals surface area contributed by atoms with Gasteiger partial charge in [0.05, 0.1) is 6.33 Å². The number of unbranched alkanes of at least 4 members (excludes halogenated alkanes) is 12. The molecule has 28 heavy (non-hydrogen) atoms. The molecule has 0 aliphatic rings. The van der Waals surface area contributed by atoms with E-state index in [-0.39, 0.29) is 5.54 Å². The van der Waals surface area contributed by atoms with E-state index in [9.17, 15) is 0 Å². The Balaban J connectivity index is 2.30. The lowest BCUT2D eigenvalue weighted by atomic mass is 9.76. The van der Waals surface area contributed by atoms with E-state index < -0.39 is 0 Å². The second-order valence-electron chi connectivity index (χ2n) is 9.20. The number of hydrogen-bond acceptors (Lipinski definition) is 1. The van der Waals surface area contributed by atoms with Crippen LogP contribution in [0, 0.1) is 5.92 Å². The molecule has 0 fully saturated rings. The van der Waals surface area contributed by atoms with Gasteiger partial charge in [0.2, 0.25) is 0 Å². The third kappa shape index (κ3) is 9.61. The quantitative estimate of drug-likeness (QED) is 0.216. The predicted octanol–water partition coefficient (Wildman–Crippen LogP) is 8.91. The van der Waals surface area contributed by atoms with Crippen LogP contribution in [0.15, 0.2) is 18.7 Å². The van der Waals surface area contributed by atoms with Crippen molar-refractivity contribution in [2.24, 2.45) is 5.92 Å². The highest BCUT2D eigenvalue weighted by molar-refractivity contribution is 4.93. The summed E-state index contributed by atoms with van der Waals surface area (Å²) in [4.78, 5) is 4.34. The summed E-state index contributed by atoms with van der Waals surface area (Å²) < 4.78 is 2.39. The monoisotopic (exact) mass is 390 g/mol. The fraction of sp³-hybridized carbons (Fsp3) is 0.885. The maximum atomic E-state index is 4.34. The summed E-state index contributed by atoms with van der Waals surface area (Å²) >= 11 is 0. The van der Waals surface area contributed by atoms with Crippen LogP contribution < -0.4 is 0 Å². The first kappa shape index (κ1) is 25.2. The molecule has 0 aliphatic carbocycles. The summed E-state index contributed by atoms with van der Waals surface area (Å²) in [6.45, 7) is 9.43. The first-order valence-electron chi connectivity index (χ1n) is 12.7. The van der Waals surface area contributed by atoms with E-state index in [1.165, 1.54) is 109 Å². The molecule has 2 nitrogen and oxygen atoms in total. The van der Waals surface area contributed by atoms with Gasteiger partial charge in [0.1, 0.15) is 0 Å². The summed E-state index contributed by atoms with van der Waals surface area (Å²) in [5, 5.41) is 0. The Morgan fingerprint density at radius 1 is 0.714 bits per heavy atom. The third-order valence-electron chi connectivity index (χ3n) is 7.00. The van der Waals surface area contributed by atoms with Gasteiger partial charge in [0.25, 0.3) is 0 Å². The van der Waals surface area contributed by atoms with Crippen LogP contribution in [-0.4, -0.2) is 9.55 Å². The van der Waals surface area contributed by atoms with Crippen LogP contribution in [0.1, 0.15) is 137 Å². The number of aromatic nitrogens is 2. The predicted molar refractivity (Wildman–Crippen MR) is 125 cm³/mol. The van der Waals surface area contributed by atoms with Crippen LogP contribution in [0.5, 0.6) is 0 Å². The van der Waals surface area contributed by atoms with Crippen LogP contribution in [0.25, 0.3) is 0 Å². The van der Waals surface area contributed by atoms with Gasteiger partial charge in [-0.05, 0) is 32.1 Å². The highest BCUT2D eigenvalue weighted by Gasteiger charge is 2.33. The van der Waals surface area contributed by atoms with E-state index >= 15 is 0 Å². The summed E-state index contributed by atoms with van der Waals surface area (Å²) in [5.74, 6) is 0.775. The first-order chi connectivity index (χ1) is 13.7. The van der Waals surface area contributed by atoms with Crippen LogP contribution >= 0.6 is 0 Å². The van der Waals surface area contributed by atoms with E-state index in [2.05, 4.69) is 43.4 Å². The zero-order valence-corrected chi connectivity index (χ0v) is 19.7. The number of hydrogen-bond donors (Lipinski definition) is 0.